The molecule has 0 amide bonds. The molecule has 0 spiro atoms. The van der Waals surface area contributed by atoms with Gasteiger partial charge in [-0.3, -0.25) is 0 Å². The minimum Gasteiger partial charge on any atom is -0.496 e. The Morgan fingerprint density at radius 1 is 1.25 bits per heavy atom. The largest absolute Gasteiger partial charge is 0.496 e. The van der Waals surface area contributed by atoms with Crippen LogP contribution in [-0.4, -0.2) is 7.11 Å². The van der Waals surface area contributed by atoms with E-state index in [-0.39, 0.29) is 11.9 Å². The molecule has 2 N–H and O–H groups in total. The monoisotopic (exact) mass is 293 g/mol. The average molecular weight is 294 g/mol. The summed E-state index contributed by atoms with van der Waals surface area (Å²) < 4.78 is 19.0. The van der Waals surface area contributed by atoms with Crippen molar-refractivity contribution in [1.82, 2.24) is 0 Å². The predicted molar refractivity (Wildman–Crippen MR) is 79.8 cm³/mol. The molecule has 0 aliphatic rings. The van der Waals surface area contributed by atoms with Crippen LogP contribution in [0.2, 0.25) is 5.02 Å². The second-order valence-electron chi connectivity index (χ2n) is 4.78. The Morgan fingerprint density at radius 3 is 2.70 bits per heavy atom. The second kappa shape index (κ2) is 6.25. The zero-order valence-electron chi connectivity index (χ0n) is 11.5. The average Bonchev–Trinajstić information content (AvgIpc) is 2.43. The molecule has 0 radical (unpaired) electrons. The first-order valence-electron chi connectivity index (χ1n) is 6.35. The van der Waals surface area contributed by atoms with E-state index in [9.17, 15) is 4.39 Å². The number of aryl methyl sites for hydroxylation is 1. The Morgan fingerprint density at radius 2 is 2.00 bits per heavy atom. The standard InChI is InChI=1S/C16H17ClFNO/c1-10-3-4-11(9-16(10)20-2)15(19)8-12-7-13(17)5-6-14(12)18/h3-7,9,15H,8,19H2,1-2H3. The van der Waals surface area contributed by atoms with Crippen LogP contribution in [0.4, 0.5) is 4.39 Å². The number of hydrogen-bond donors (Lipinski definition) is 1. The Balaban J connectivity index is 2.23. The maximum absolute atomic E-state index is 13.7. The molecule has 2 aromatic rings. The number of nitrogens with two attached hydrogens (primary N) is 1. The molecule has 2 nitrogen and oxygen atoms in total. The fraction of sp³-hybridized carbons (Fsp3) is 0.250. The molecule has 4 heteroatoms. The highest BCUT2D eigenvalue weighted by Crippen LogP contribution is 2.25. The summed E-state index contributed by atoms with van der Waals surface area (Å²) in [6, 6.07) is 9.97. The minimum atomic E-state index is -0.308. The lowest BCUT2D eigenvalue weighted by Crippen LogP contribution is -2.14. The second-order valence-corrected chi connectivity index (χ2v) is 5.21. The van der Waals surface area contributed by atoms with Gasteiger partial charge < -0.3 is 10.5 Å². The summed E-state index contributed by atoms with van der Waals surface area (Å²) in [6.07, 6.45) is 0.388. The van der Waals surface area contributed by atoms with Crippen LogP contribution < -0.4 is 10.5 Å². The molecule has 0 aliphatic carbocycles. The molecular formula is C16H17ClFNO. The zero-order chi connectivity index (χ0) is 14.7. The number of hydrogen-bond acceptors (Lipinski definition) is 2. The lowest BCUT2D eigenvalue weighted by atomic mass is 9.98. The Hall–Kier alpha value is -1.58. The highest BCUT2D eigenvalue weighted by atomic mass is 35.5. The highest BCUT2D eigenvalue weighted by molar-refractivity contribution is 6.30. The van der Waals surface area contributed by atoms with Gasteiger partial charge in [-0.1, -0.05) is 23.7 Å². The number of ether oxygens (including phenoxy) is 1. The van der Waals surface area contributed by atoms with Gasteiger partial charge in [0, 0.05) is 11.1 Å². The smallest absolute Gasteiger partial charge is 0.126 e. The Bertz CT molecular complexity index is 615. The van der Waals surface area contributed by atoms with Crippen molar-refractivity contribution in [3.05, 3.63) is 63.9 Å². The number of methoxy groups -OCH3 is 1. The molecule has 106 valence electrons. The normalized spacial score (nSPS) is 12.2. The molecule has 0 saturated carbocycles. The minimum absolute atomic E-state index is 0.288. The topological polar surface area (TPSA) is 35.2 Å². The summed E-state index contributed by atoms with van der Waals surface area (Å²) in [4.78, 5) is 0. The SMILES string of the molecule is COc1cc(C(N)Cc2cc(Cl)ccc2F)ccc1C. The van der Waals surface area contributed by atoms with Crippen molar-refractivity contribution in [1.29, 1.82) is 0 Å². The summed E-state index contributed by atoms with van der Waals surface area (Å²) in [7, 11) is 1.62. The van der Waals surface area contributed by atoms with Gasteiger partial charge in [0.05, 0.1) is 7.11 Å². The fourth-order valence-electron chi connectivity index (χ4n) is 2.12. The van der Waals surface area contributed by atoms with Crippen LogP contribution in [0.15, 0.2) is 36.4 Å². The van der Waals surface area contributed by atoms with E-state index >= 15 is 0 Å². The molecule has 0 heterocycles. The van der Waals surface area contributed by atoms with E-state index in [0.29, 0.717) is 17.0 Å². The fourth-order valence-corrected chi connectivity index (χ4v) is 2.32. The van der Waals surface area contributed by atoms with Crippen molar-refractivity contribution < 1.29 is 9.13 Å². The highest BCUT2D eigenvalue weighted by Gasteiger charge is 2.12. The van der Waals surface area contributed by atoms with Crippen LogP contribution >= 0.6 is 11.6 Å². The lowest BCUT2D eigenvalue weighted by Gasteiger charge is -2.15. The molecule has 0 bridgehead atoms. The van der Waals surface area contributed by atoms with Crippen molar-refractivity contribution in [3.8, 4) is 5.75 Å². The Labute approximate surface area is 123 Å². The van der Waals surface area contributed by atoms with Crippen molar-refractivity contribution in [2.45, 2.75) is 19.4 Å². The van der Waals surface area contributed by atoms with Gasteiger partial charge in [0.1, 0.15) is 11.6 Å². The number of rotatable bonds is 4. The van der Waals surface area contributed by atoms with Gasteiger partial charge in [-0.05, 0) is 54.3 Å². The molecule has 0 fully saturated rings. The van der Waals surface area contributed by atoms with Crippen molar-refractivity contribution in [3.63, 3.8) is 0 Å². The van der Waals surface area contributed by atoms with Gasteiger partial charge in [-0.15, -0.1) is 0 Å². The zero-order valence-corrected chi connectivity index (χ0v) is 12.2. The van der Waals surface area contributed by atoms with Crippen LogP contribution in [0.25, 0.3) is 0 Å². The van der Waals surface area contributed by atoms with E-state index in [4.69, 9.17) is 22.1 Å². The maximum atomic E-state index is 13.7. The van der Waals surface area contributed by atoms with Gasteiger partial charge >= 0.3 is 0 Å². The maximum Gasteiger partial charge on any atom is 0.126 e. The van der Waals surface area contributed by atoms with Crippen LogP contribution in [0.1, 0.15) is 22.7 Å². The van der Waals surface area contributed by atoms with Gasteiger partial charge in [0.15, 0.2) is 0 Å². The number of halogens is 2. The summed E-state index contributed by atoms with van der Waals surface area (Å²) in [5.41, 5.74) is 8.62. The van der Waals surface area contributed by atoms with Crippen molar-refractivity contribution in [2.24, 2.45) is 5.73 Å². The number of benzene rings is 2. The van der Waals surface area contributed by atoms with E-state index in [1.54, 1.807) is 13.2 Å². The summed E-state index contributed by atoms with van der Waals surface area (Å²) >= 11 is 5.89. The van der Waals surface area contributed by atoms with Crippen LogP contribution in [0.3, 0.4) is 0 Å². The van der Waals surface area contributed by atoms with E-state index in [1.165, 1.54) is 12.1 Å². The quantitative estimate of drug-likeness (QED) is 0.923. The van der Waals surface area contributed by atoms with Gasteiger partial charge in [0.2, 0.25) is 0 Å². The first kappa shape index (κ1) is 14.8. The van der Waals surface area contributed by atoms with Gasteiger partial charge in [0.25, 0.3) is 0 Å². The predicted octanol–water partition coefficient (Wildman–Crippen LogP) is 4.04. The third kappa shape index (κ3) is 3.30. The van der Waals surface area contributed by atoms with Crippen molar-refractivity contribution in [2.75, 3.05) is 7.11 Å². The first-order chi connectivity index (χ1) is 9.51. The van der Waals surface area contributed by atoms with E-state index < -0.39 is 0 Å². The molecular weight excluding hydrogens is 277 g/mol. The molecule has 20 heavy (non-hydrogen) atoms. The lowest BCUT2D eigenvalue weighted by molar-refractivity contribution is 0.410. The van der Waals surface area contributed by atoms with Crippen LogP contribution in [-0.2, 0) is 6.42 Å². The van der Waals surface area contributed by atoms with Crippen molar-refractivity contribution >= 4 is 11.6 Å². The summed E-state index contributed by atoms with van der Waals surface area (Å²) in [5, 5.41) is 0.509. The summed E-state index contributed by atoms with van der Waals surface area (Å²) in [6.45, 7) is 1.96. The van der Waals surface area contributed by atoms with Crippen LogP contribution in [0, 0.1) is 12.7 Å². The molecule has 0 saturated heterocycles. The summed E-state index contributed by atoms with van der Waals surface area (Å²) in [5.74, 6) is 0.494. The van der Waals surface area contributed by atoms with Crippen LogP contribution in [0.5, 0.6) is 5.75 Å². The van der Waals surface area contributed by atoms with E-state index in [1.807, 2.05) is 25.1 Å². The third-order valence-corrected chi connectivity index (χ3v) is 3.54. The third-order valence-electron chi connectivity index (χ3n) is 3.31. The molecule has 1 atom stereocenters. The molecule has 1 unspecified atom stereocenters. The van der Waals surface area contributed by atoms with E-state index in [0.717, 1.165) is 16.9 Å². The van der Waals surface area contributed by atoms with Gasteiger partial charge in [-0.2, -0.15) is 0 Å². The Kier molecular flexibility index (Phi) is 4.63. The first-order valence-corrected chi connectivity index (χ1v) is 6.73. The molecule has 0 aliphatic heterocycles. The molecule has 2 rings (SSSR count). The molecule has 2 aromatic carbocycles. The van der Waals surface area contributed by atoms with E-state index in [2.05, 4.69) is 0 Å². The van der Waals surface area contributed by atoms with Gasteiger partial charge in [-0.25, -0.2) is 4.39 Å². The molecule has 0 aromatic heterocycles.